The summed E-state index contributed by atoms with van der Waals surface area (Å²) in [6, 6.07) is 4.74. The summed E-state index contributed by atoms with van der Waals surface area (Å²) in [5.41, 5.74) is 2.41. The molecule has 2 aromatic rings. The second kappa shape index (κ2) is 5.19. The van der Waals surface area contributed by atoms with Crippen molar-refractivity contribution in [1.29, 1.82) is 0 Å². The van der Waals surface area contributed by atoms with Crippen molar-refractivity contribution in [2.24, 2.45) is 0 Å². The topological polar surface area (TPSA) is 37.8 Å². The third-order valence-electron chi connectivity index (χ3n) is 3.60. The first-order valence-electron chi connectivity index (χ1n) is 6.29. The molecule has 0 saturated carbocycles. The van der Waals surface area contributed by atoms with Crippen LogP contribution in [0.4, 0.5) is 10.2 Å². The maximum Gasteiger partial charge on any atom is 0.224 e. The highest BCUT2D eigenvalue weighted by Gasteiger charge is 2.30. The van der Waals surface area contributed by atoms with E-state index < -0.39 is 0 Å². The van der Waals surface area contributed by atoms with Crippen LogP contribution in [0, 0.1) is 5.82 Å². The Labute approximate surface area is 126 Å². The molecule has 0 spiro atoms. The molecule has 3 rings (SSSR count). The van der Waals surface area contributed by atoms with Crippen molar-refractivity contribution in [3.63, 3.8) is 0 Å². The van der Waals surface area contributed by atoms with Gasteiger partial charge in [0.05, 0.1) is 5.69 Å². The molecule has 1 atom stereocenters. The highest BCUT2D eigenvalue weighted by molar-refractivity contribution is 6.30. The number of rotatable bonds is 2. The molecule has 3 nitrogen and oxygen atoms in total. The first-order chi connectivity index (χ1) is 9.60. The first-order valence-corrected chi connectivity index (χ1v) is 7.04. The number of hydrogen-bond donors (Lipinski definition) is 1. The maximum atomic E-state index is 14.1. The Morgan fingerprint density at radius 3 is 2.80 bits per heavy atom. The van der Waals surface area contributed by atoms with Crippen molar-refractivity contribution >= 4 is 29.0 Å². The van der Waals surface area contributed by atoms with E-state index in [0.717, 1.165) is 29.9 Å². The van der Waals surface area contributed by atoms with Crippen molar-refractivity contribution in [2.45, 2.75) is 18.8 Å². The summed E-state index contributed by atoms with van der Waals surface area (Å²) in [6.45, 7) is 0. The van der Waals surface area contributed by atoms with Gasteiger partial charge in [-0.2, -0.15) is 0 Å². The highest BCUT2D eigenvalue weighted by Crippen LogP contribution is 2.41. The minimum atomic E-state index is -0.309. The lowest BCUT2D eigenvalue weighted by molar-refractivity contribution is 0.592. The Morgan fingerprint density at radius 1 is 1.30 bits per heavy atom. The lowest BCUT2D eigenvalue weighted by atomic mass is 9.96. The number of aromatic nitrogens is 2. The van der Waals surface area contributed by atoms with Crippen LogP contribution in [-0.4, -0.2) is 17.0 Å². The summed E-state index contributed by atoms with van der Waals surface area (Å²) >= 11 is 11.7. The van der Waals surface area contributed by atoms with Gasteiger partial charge in [-0.3, -0.25) is 0 Å². The van der Waals surface area contributed by atoms with Gasteiger partial charge in [0.25, 0.3) is 0 Å². The Bertz CT molecular complexity index is 676. The molecule has 1 N–H and O–H groups in total. The van der Waals surface area contributed by atoms with Gasteiger partial charge in [-0.15, -0.1) is 0 Å². The van der Waals surface area contributed by atoms with Gasteiger partial charge in [0.1, 0.15) is 11.6 Å². The molecule has 0 bridgehead atoms. The van der Waals surface area contributed by atoms with Crippen LogP contribution in [0.2, 0.25) is 10.3 Å². The van der Waals surface area contributed by atoms with Crippen LogP contribution >= 0.6 is 23.2 Å². The smallest absolute Gasteiger partial charge is 0.224 e. The summed E-state index contributed by atoms with van der Waals surface area (Å²) in [5, 5.41) is 3.58. The zero-order chi connectivity index (χ0) is 14.3. The molecule has 0 amide bonds. The molecule has 104 valence electrons. The number of anilines is 1. The standard InChI is InChI=1S/C14H12Cl2FN3/c1-18-13-10-5-4-9(12(10)19-14(16)20-13)8-3-2-7(15)6-11(8)17/h2-3,6,9H,4-5H2,1H3,(H,18,19,20). The predicted octanol–water partition coefficient (Wildman–Crippen LogP) is 4.04. The van der Waals surface area contributed by atoms with Crippen LogP contribution in [0.3, 0.4) is 0 Å². The summed E-state index contributed by atoms with van der Waals surface area (Å²) in [5.74, 6) is 0.308. The van der Waals surface area contributed by atoms with Crippen molar-refractivity contribution < 1.29 is 4.39 Å². The maximum absolute atomic E-state index is 14.1. The number of nitrogens with one attached hydrogen (secondary N) is 1. The van der Waals surface area contributed by atoms with Gasteiger partial charge in [0.15, 0.2) is 0 Å². The largest absolute Gasteiger partial charge is 0.373 e. The molecule has 1 aromatic carbocycles. The second-order valence-corrected chi connectivity index (χ2v) is 5.49. The third-order valence-corrected chi connectivity index (χ3v) is 4.00. The van der Waals surface area contributed by atoms with Gasteiger partial charge in [0.2, 0.25) is 5.28 Å². The Hall–Kier alpha value is -1.39. The molecule has 0 radical (unpaired) electrons. The quantitative estimate of drug-likeness (QED) is 0.850. The van der Waals surface area contributed by atoms with E-state index in [1.807, 2.05) is 0 Å². The monoisotopic (exact) mass is 311 g/mol. The molecule has 0 aliphatic heterocycles. The van der Waals surface area contributed by atoms with Crippen LogP contribution in [0.25, 0.3) is 0 Å². The van der Waals surface area contributed by atoms with E-state index in [0.29, 0.717) is 10.6 Å². The second-order valence-electron chi connectivity index (χ2n) is 4.71. The summed E-state index contributed by atoms with van der Waals surface area (Å²) in [7, 11) is 1.79. The SMILES string of the molecule is CNc1nc(Cl)nc2c1CCC2c1ccc(Cl)cc1F. The Balaban J connectivity index is 2.11. The molecule has 0 fully saturated rings. The third kappa shape index (κ3) is 2.23. The molecule has 1 aromatic heterocycles. The summed E-state index contributed by atoms with van der Waals surface area (Å²) < 4.78 is 14.1. The lowest BCUT2D eigenvalue weighted by Gasteiger charge is -2.13. The van der Waals surface area contributed by atoms with Gasteiger partial charge in [0, 0.05) is 23.6 Å². The van der Waals surface area contributed by atoms with Crippen LogP contribution in [0.15, 0.2) is 18.2 Å². The lowest BCUT2D eigenvalue weighted by Crippen LogP contribution is -2.05. The average Bonchev–Trinajstić information content (AvgIpc) is 2.81. The Kier molecular flexibility index (Phi) is 3.52. The van der Waals surface area contributed by atoms with E-state index in [-0.39, 0.29) is 17.0 Å². The van der Waals surface area contributed by atoms with Gasteiger partial charge < -0.3 is 5.32 Å². The van der Waals surface area contributed by atoms with Gasteiger partial charge in [-0.25, -0.2) is 14.4 Å². The fraction of sp³-hybridized carbons (Fsp3) is 0.286. The van der Waals surface area contributed by atoms with Crippen molar-refractivity contribution in [3.05, 3.63) is 51.1 Å². The van der Waals surface area contributed by atoms with Crippen LogP contribution < -0.4 is 5.32 Å². The number of fused-ring (bicyclic) bond motifs is 1. The van der Waals surface area contributed by atoms with Crippen molar-refractivity contribution in [2.75, 3.05) is 12.4 Å². The van der Waals surface area contributed by atoms with E-state index in [9.17, 15) is 4.39 Å². The van der Waals surface area contributed by atoms with Crippen molar-refractivity contribution in [3.8, 4) is 0 Å². The van der Waals surface area contributed by atoms with Gasteiger partial charge in [-0.05, 0) is 42.1 Å². The Morgan fingerprint density at radius 2 is 2.10 bits per heavy atom. The number of hydrogen-bond acceptors (Lipinski definition) is 3. The van der Waals surface area contributed by atoms with Gasteiger partial charge >= 0.3 is 0 Å². The highest BCUT2D eigenvalue weighted by atomic mass is 35.5. The zero-order valence-electron chi connectivity index (χ0n) is 10.8. The van der Waals surface area contributed by atoms with E-state index in [1.165, 1.54) is 6.07 Å². The molecule has 1 unspecified atom stereocenters. The molecular formula is C14H12Cl2FN3. The number of nitrogens with zero attached hydrogens (tertiary/aromatic N) is 2. The van der Waals surface area contributed by atoms with Crippen LogP contribution in [0.1, 0.15) is 29.2 Å². The van der Waals surface area contributed by atoms with Crippen LogP contribution in [0.5, 0.6) is 0 Å². The molecule has 1 heterocycles. The predicted molar refractivity (Wildman–Crippen MR) is 78.2 cm³/mol. The number of halogens is 3. The summed E-state index contributed by atoms with van der Waals surface area (Å²) in [6.07, 6.45) is 1.59. The molecule has 20 heavy (non-hydrogen) atoms. The van der Waals surface area contributed by atoms with Crippen LogP contribution in [-0.2, 0) is 6.42 Å². The number of benzene rings is 1. The van der Waals surface area contributed by atoms with E-state index in [4.69, 9.17) is 23.2 Å². The van der Waals surface area contributed by atoms with Crippen molar-refractivity contribution in [1.82, 2.24) is 9.97 Å². The molecule has 6 heteroatoms. The normalized spacial score (nSPS) is 17.1. The van der Waals surface area contributed by atoms with E-state index in [2.05, 4.69) is 15.3 Å². The average molecular weight is 312 g/mol. The van der Waals surface area contributed by atoms with E-state index >= 15 is 0 Å². The minimum Gasteiger partial charge on any atom is -0.373 e. The molecular weight excluding hydrogens is 300 g/mol. The molecule has 0 saturated heterocycles. The first kappa shape index (κ1) is 13.6. The summed E-state index contributed by atoms with van der Waals surface area (Å²) in [4.78, 5) is 8.45. The zero-order valence-corrected chi connectivity index (χ0v) is 12.3. The van der Waals surface area contributed by atoms with Gasteiger partial charge in [-0.1, -0.05) is 17.7 Å². The molecule has 1 aliphatic carbocycles. The molecule has 1 aliphatic rings. The fourth-order valence-electron chi connectivity index (χ4n) is 2.73. The van der Waals surface area contributed by atoms with E-state index in [1.54, 1.807) is 19.2 Å². The minimum absolute atomic E-state index is 0.102. The fourth-order valence-corrected chi connectivity index (χ4v) is 3.06.